The SMILES string of the molecule is CCCCCCO.COC(O)OC.O.O.[Ti]. The summed E-state index contributed by atoms with van der Waals surface area (Å²) >= 11 is 0. The average molecular weight is 278 g/mol. The fourth-order valence-corrected chi connectivity index (χ4v) is 0.635. The molecule has 0 rings (SSSR count). The van der Waals surface area contributed by atoms with E-state index in [0.717, 1.165) is 6.42 Å². The Bertz CT molecular complexity index is 78.4. The molecule has 0 bridgehead atoms. The Morgan fingerprint density at radius 3 is 1.62 bits per heavy atom. The van der Waals surface area contributed by atoms with Gasteiger partial charge in [-0.15, -0.1) is 0 Å². The van der Waals surface area contributed by atoms with Gasteiger partial charge < -0.3 is 30.6 Å². The average Bonchev–Trinajstić information content (AvgIpc) is 2.18. The van der Waals surface area contributed by atoms with Gasteiger partial charge in [0, 0.05) is 42.5 Å². The molecule has 0 saturated carbocycles. The molecule has 0 atom stereocenters. The van der Waals surface area contributed by atoms with Crippen molar-refractivity contribution in [2.45, 2.75) is 39.1 Å². The first-order valence-corrected chi connectivity index (χ1v) is 4.57. The second-order valence-corrected chi connectivity index (χ2v) is 2.56. The van der Waals surface area contributed by atoms with Gasteiger partial charge in [0.15, 0.2) is 0 Å². The molecule has 0 unspecified atom stereocenters. The summed E-state index contributed by atoms with van der Waals surface area (Å²) in [6.07, 6.45) is 4.68. The predicted molar refractivity (Wildman–Crippen MR) is 58.5 cm³/mol. The van der Waals surface area contributed by atoms with Gasteiger partial charge in [-0.25, -0.2) is 0 Å². The molecule has 0 fully saturated rings. The van der Waals surface area contributed by atoms with E-state index in [1.807, 2.05) is 0 Å². The zero-order valence-electron chi connectivity index (χ0n) is 10.3. The van der Waals surface area contributed by atoms with Gasteiger partial charge in [-0.05, 0) is 6.42 Å². The van der Waals surface area contributed by atoms with Gasteiger partial charge in [0.2, 0.25) is 0 Å². The summed E-state index contributed by atoms with van der Waals surface area (Å²) in [5, 5.41) is 16.5. The summed E-state index contributed by atoms with van der Waals surface area (Å²) in [4.78, 5) is 0. The molecule has 0 aromatic heterocycles. The van der Waals surface area contributed by atoms with Gasteiger partial charge in [-0.3, -0.25) is 0 Å². The number of aliphatic hydroxyl groups is 2. The largest absolute Gasteiger partial charge is 0.412 e. The Hall–Kier alpha value is 0.474. The third-order valence-electron chi connectivity index (χ3n) is 1.41. The van der Waals surface area contributed by atoms with E-state index in [0.29, 0.717) is 6.61 Å². The second-order valence-electron chi connectivity index (χ2n) is 2.56. The van der Waals surface area contributed by atoms with Crippen LogP contribution in [-0.2, 0) is 31.2 Å². The first kappa shape index (κ1) is 30.0. The van der Waals surface area contributed by atoms with Crippen LogP contribution in [-0.4, -0.2) is 48.5 Å². The molecule has 0 heterocycles. The third-order valence-corrected chi connectivity index (χ3v) is 1.41. The van der Waals surface area contributed by atoms with E-state index >= 15 is 0 Å². The number of rotatable bonds is 6. The van der Waals surface area contributed by atoms with Crippen LogP contribution in [0.1, 0.15) is 32.6 Å². The maximum Gasteiger partial charge on any atom is 0.268 e. The van der Waals surface area contributed by atoms with Gasteiger partial charge in [-0.2, -0.15) is 0 Å². The summed E-state index contributed by atoms with van der Waals surface area (Å²) < 4.78 is 8.47. The number of ether oxygens (including phenoxy) is 2. The van der Waals surface area contributed by atoms with Gasteiger partial charge in [0.1, 0.15) is 0 Å². The van der Waals surface area contributed by atoms with Crippen LogP contribution in [0.25, 0.3) is 0 Å². The molecular weight excluding hydrogens is 252 g/mol. The number of hydrogen-bond donors (Lipinski definition) is 2. The van der Waals surface area contributed by atoms with Crippen molar-refractivity contribution in [3.63, 3.8) is 0 Å². The van der Waals surface area contributed by atoms with E-state index in [-0.39, 0.29) is 32.7 Å². The zero-order chi connectivity index (χ0) is 10.5. The predicted octanol–water partition coefficient (Wildman–Crippen LogP) is -0.538. The molecule has 102 valence electrons. The van der Waals surface area contributed by atoms with Crippen LogP contribution in [0.15, 0.2) is 0 Å². The Labute approximate surface area is 112 Å². The Kier molecular flexibility index (Phi) is 55.3. The van der Waals surface area contributed by atoms with E-state index in [2.05, 4.69) is 16.4 Å². The van der Waals surface area contributed by atoms with Crippen LogP contribution in [0.4, 0.5) is 0 Å². The molecule has 0 spiro atoms. The maximum atomic E-state index is 8.29. The number of hydrogen-bond acceptors (Lipinski definition) is 4. The molecule has 0 radical (unpaired) electrons. The Balaban J connectivity index is -0.0000000428. The molecule has 0 aliphatic heterocycles. The standard InChI is InChI=1S/C6H14O.C3H8O3.2H2O.Ti/c1-2-3-4-5-6-7;1-5-3(4)6-2;;;/h7H,2-6H2,1H3;3-4H,1-2H3;2*1H2;. The summed E-state index contributed by atoms with van der Waals surface area (Å²) in [6, 6.07) is 0. The van der Waals surface area contributed by atoms with Gasteiger partial charge in [-0.1, -0.05) is 26.2 Å². The van der Waals surface area contributed by atoms with Crippen LogP contribution in [0.2, 0.25) is 0 Å². The van der Waals surface area contributed by atoms with Crippen LogP contribution >= 0.6 is 0 Å². The number of aliphatic hydroxyl groups excluding tert-OH is 2. The molecule has 0 aromatic carbocycles. The second kappa shape index (κ2) is 29.5. The molecule has 0 aliphatic carbocycles. The summed E-state index contributed by atoms with van der Waals surface area (Å²) in [7, 11) is 2.71. The van der Waals surface area contributed by atoms with Crippen LogP contribution < -0.4 is 0 Å². The van der Waals surface area contributed by atoms with E-state index in [1.54, 1.807) is 0 Å². The minimum absolute atomic E-state index is 0. The van der Waals surface area contributed by atoms with Crippen LogP contribution in [0.5, 0.6) is 0 Å². The molecule has 7 heteroatoms. The van der Waals surface area contributed by atoms with E-state index in [9.17, 15) is 0 Å². The Morgan fingerprint density at radius 2 is 1.44 bits per heavy atom. The molecule has 0 aliphatic rings. The summed E-state index contributed by atoms with van der Waals surface area (Å²) in [5.74, 6) is 0. The van der Waals surface area contributed by atoms with Crippen molar-refractivity contribution in [3.8, 4) is 0 Å². The molecule has 0 amide bonds. The minimum atomic E-state index is -1.06. The van der Waals surface area contributed by atoms with Crippen molar-refractivity contribution in [2.75, 3.05) is 20.8 Å². The van der Waals surface area contributed by atoms with E-state index in [1.165, 1.54) is 33.5 Å². The van der Waals surface area contributed by atoms with Crippen molar-refractivity contribution in [3.05, 3.63) is 0 Å². The normalized spacial score (nSPS) is 7.88. The number of methoxy groups -OCH3 is 2. The quantitative estimate of drug-likeness (QED) is 0.385. The van der Waals surface area contributed by atoms with Crippen molar-refractivity contribution in [2.24, 2.45) is 0 Å². The van der Waals surface area contributed by atoms with Gasteiger partial charge in [0.05, 0.1) is 0 Å². The molecule has 16 heavy (non-hydrogen) atoms. The van der Waals surface area contributed by atoms with Gasteiger partial charge in [0.25, 0.3) is 6.48 Å². The Morgan fingerprint density at radius 1 is 1.00 bits per heavy atom. The van der Waals surface area contributed by atoms with Crippen molar-refractivity contribution >= 4 is 0 Å². The topological polar surface area (TPSA) is 122 Å². The van der Waals surface area contributed by atoms with Crippen molar-refractivity contribution in [1.29, 1.82) is 0 Å². The minimum Gasteiger partial charge on any atom is -0.412 e. The van der Waals surface area contributed by atoms with E-state index < -0.39 is 6.48 Å². The molecule has 0 aromatic rings. The monoisotopic (exact) mass is 278 g/mol. The molecule has 6 nitrogen and oxygen atoms in total. The maximum absolute atomic E-state index is 8.29. The van der Waals surface area contributed by atoms with E-state index in [4.69, 9.17) is 10.2 Å². The van der Waals surface area contributed by atoms with Crippen LogP contribution in [0.3, 0.4) is 0 Å². The zero-order valence-corrected chi connectivity index (χ0v) is 11.9. The van der Waals surface area contributed by atoms with Crippen molar-refractivity contribution in [1.82, 2.24) is 0 Å². The molecule has 0 saturated heterocycles. The number of unbranched alkanes of at least 4 members (excludes halogenated alkanes) is 3. The van der Waals surface area contributed by atoms with Gasteiger partial charge >= 0.3 is 0 Å². The fourth-order valence-electron chi connectivity index (χ4n) is 0.635. The molecule has 6 N–H and O–H groups in total. The smallest absolute Gasteiger partial charge is 0.268 e. The van der Waals surface area contributed by atoms with Crippen LogP contribution in [0, 0.1) is 0 Å². The summed E-state index contributed by atoms with van der Waals surface area (Å²) in [5.41, 5.74) is 0. The molecular formula is C9H26O6Ti. The summed E-state index contributed by atoms with van der Waals surface area (Å²) in [6.45, 7) is 1.46. The first-order valence-electron chi connectivity index (χ1n) is 4.57. The van der Waals surface area contributed by atoms with Crippen molar-refractivity contribution < 1.29 is 52.4 Å². The fraction of sp³-hybridized carbons (Fsp3) is 1.00. The first-order chi connectivity index (χ1) is 6.22. The third kappa shape index (κ3) is 36.6.